The van der Waals surface area contributed by atoms with Crippen molar-refractivity contribution in [3.8, 4) is 11.5 Å². The lowest BCUT2D eigenvalue weighted by Gasteiger charge is -2.32. The molecule has 0 saturated heterocycles. The standard InChI is InChI=1S/C31H35NO4/c1-5-18-31(4)19-17-26-20-27(13-16-29(26)36-31)32(21-24-9-7-23(3)8-10-24)30(33)35-22-25-11-14-28(15-12-25)34-6-2/h7-17,19-20H,5-6,18,21-22H2,1-4H3. The molecule has 1 atom stereocenters. The summed E-state index contributed by atoms with van der Waals surface area (Å²) in [6, 6.07) is 21.7. The smallest absolute Gasteiger partial charge is 0.414 e. The number of amides is 1. The van der Waals surface area contributed by atoms with E-state index in [0.717, 1.165) is 46.7 Å². The fraction of sp³-hybridized carbons (Fsp3) is 0.323. The van der Waals surface area contributed by atoms with Gasteiger partial charge in [0.05, 0.1) is 13.2 Å². The maximum absolute atomic E-state index is 13.3. The number of carbonyl (C=O) groups excluding carboxylic acids is 1. The Kier molecular flexibility index (Phi) is 7.99. The fourth-order valence-corrected chi connectivity index (χ4v) is 4.32. The molecule has 3 aromatic carbocycles. The van der Waals surface area contributed by atoms with Crippen molar-refractivity contribution < 1.29 is 19.0 Å². The predicted octanol–water partition coefficient (Wildman–Crippen LogP) is 7.70. The van der Waals surface area contributed by atoms with Crippen molar-refractivity contribution in [3.63, 3.8) is 0 Å². The average Bonchev–Trinajstić information content (AvgIpc) is 2.88. The average molecular weight is 486 g/mol. The van der Waals surface area contributed by atoms with E-state index >= 15 is 0 Å². The van der Waals surface area contributed by atoms with Crippen molar-refractivity contribution >= 4 is 17.9 Å². The highest BCUT2D eigenvalue weighted by atomic mass is 16.6. The molecule has 1 amide bonds. The number of hydrogen-bond acceptors (Lipinski definition) is 4. The first-order valence-electron chi connectivity index (χ1n) is 12.6. The second kappa shape index (κ2) is 11.3. The van der Waals surface area contributed by atoms with Gasteiger partial charge in [0.1, 0.15) is 23.7 Å². The van der Waals surface area contributed by atoms with Gasteiger partial charge in [0.25, 0.3) is 0 Å². The summed E-state index contributed by atoms with van der Waals surface area (Å²) in [6.45, 7) is 9.45. The third-order valence-electron chi connectivity index (χ3n) is 6.29. The minimum Gasteiger partial charge on any atom is -0.494 e. The quantitative estimate of drug-likeness (QED) is 0.311. The van der Waals surface area contributed by atoms with Gasteiger partial charge in [-0.25, -0.2) is 4.79 Å². The van der Waals surface area contributed by atoms with Crippen LogP contribution in [0.3, 0.4) is 0 Å². The van der Waals surface area contributed by atoms with Crippen LogP contribution in [0.4, 0.5) is 10.5 Å². The van der Waals surface area contributed by atoms with E-state index in [-0.39, 0.29) is 12.2 Å². The van der Waals surface area contributed by atoms with Gasteiger partial charge in [0, 0.05) is 11.3 Å². The van der Waals surface area contributed by atoms with Crippen molar-refractivity contribution in [1.29, 1.82) is 0 Å². The summed E-state index contributed by atoms with van der Waals surface area (Å²) in [7, 11) is 0. The molecule has 188 valence electrons. The van der Waals surface area contributed by atoms with E-state index in [1.807, 2.05) is 61.5 Å². The van der Waals surface area contributed by atoms with E-state index in [2.05, 4.69) is 45.1 Å². The summed E-state index contributed by atoms with van der Waals surface area (Å²) in [5.74, 6) is 1.63. The maximum Gasteiger partial charge on any atom is 0.414 e. The molecule has 1 heterocycles. The van der Waals surface area contributed by atoms with Gasteiger partial charge in [-0.2, -0.15) is 0 Å². The van der Waals surface area contributed by atoms with Gasteiger partial charge in [-0.3, -0.25) is 4.90 Å². The van der Waals surface area contributed by atoms with Crippen molar-refractivity contribution in [2.75, 3.05) is 11.5 Å². The van der Waals surface area contributed by atoms with E-state index < -0.39 is 6.09 Å². The van der Waals surface area contributed by atoms with Crippen molar-refractivity contribution in [1.82, 2.24) is 0 Å². The number of nitrogens with zero attached hydrogens (tertiary/aromatic N) is 1. The molecule has 0 N–H and O–H groups in total. The molecular formula is C31H35NO4. The second-order valence-electron chi connectivity index (χ2n) is 9.42. The lowest BCUT2D eigenvalue weighted by atomic mass is 9.95. The van der Waals surface area contributed by atoms with E-state index in [1.165, 1.54) is 5.56 Å². The molecule has 5 nitrogen and oxygen atoms in total. The van der Waals surface area contributed by atoms with Crippen LogP contribution in [0.1, 0.15) is 55.9 Å². The molecule has 1 aliphatic heterocycles. The maximum atomic E-state index is 13.3. The van der Waals surface area contributed by atoms with Crippen LogP contribution in [0.25, 0.3) is 6.08 Å². The van der Waals surface area contributed by atoms with Gasteiger partial charge in [-0.1, -0.05) is 61.4 Å². The number of aryl methyl sites for hydroxylation is 1. The van der Waals surface area contributed by atoms with Crippen LogP contribution in [-0.4, -0.2) is 18.3 Å². The Bertz CT molecular complexity index is 1200. The summed E-state index contributed by atoms with van der Waals surface area (Å²) in [6.07, 6.45) is 5.78. The zero-order valence-electron chi connectivity index (χ0n) is 21.6. The summed E-state index contributed by atoms with van der Waals surface area (Å²) < 4.78 is 17.5. The number of carbonyl (C=O) groups is 1. The summed E-state index contributed by atoms with van der Waals surface area (Å²) in [5, 5.41) is 0. The van der Waals surface area contributed by atoms with Gasteiger partial charge in [-0.05, 0) is 74.7 Å². The second-order valence-corrected chi connectivity index (χ2v) is 9.42. The highest BCUT2D eigenvalue weighted by Crippen LogP contribution is 2.36. The third kappa shape index (κ3) is 6.28. The molecule has 0 saturated carbocycles. The SMILES string of the molecule is CCCC1(C)C=Cc2cc(N(Cc3ccc(C)cc3)C(=O)OCc3ccc(OCC)cc3)ccc2O1. The first-order chi connectivity index (χ1) is 17.4. The van der Waals surface area contributed by atoms with E-state index in [4.69, 9.17) is 14.2 Å². The Morgan fingerprint density at radius 3 is 2.39 bits per heavy atom. The van der Waals surface area contributed by atoms with Gasteiger partial charge < -0.3 is 14.2 Å². The topological polar surface area (TPSA) is 48.0 Å². The molecule has 0 bridgehead atoms. The summed E-state index contributed by atoms with van der Waals surface area (Å²) in [5.41, 5.74) is 4.52. The fourth-order valence-electron chi connectivity index (χ4n) is 4.32. The van der Waals surface area contributed by atoms with E-state index in [0.29, 0.717) is 13.2 Å². The molecule has 36 heavy (non-hydrogen) atoms. The van der Waals surface area contributed by atoms with E-state index in [9.17, 15) is 4.79 Å². The summed E-state index contributed by atoms with van der Waals surface area (Å²) >= 11 is 0. The van der Waals surface area contributed by atoms with Crippen LogP contribution in [0, 0.1) is 6.92 Å². The monoisotopic (exact) mass is 485 g/mol. The molecular weight excluding hydrogens is 450 g/mol. The predicted molar refractivity (Wildman–Crippen MR) is 145 cm³/mol. The third-order valence-corrected chi connectivity index (χ3v) is 6.29. The number of benzene rings is 3. The molecule has 0 radical (unpaired) electrons. The number of ether oxygens (including phenoxy) is 3. The van der Waals surface area contributed by atoms with Crippen LogP contribution in [0.5, 0.6) is 11.5 Å². The van der Waals surface area contributed by atoms with Crippen molar-refractivity contribution in [3.05, 3.63) is 95.1 Å². The Hall–Kier alpha value is -3.73. The molecule has 1 aliphatic rings. The van der Waals surface area contributed by atoms with Crippen molar-refractivity contribution in [2.24, 2.45) is 0 Å². The Balaban J connectivity index is 1.55. The van der Waals surface area contributed by atoms with Crippen molar-refractivity contribution in [2.45, 2.75) is 59.3 Å². The molecule has 4 rings (SSSR count). The van der Waals surface area contributed by atoms with Crippen LogP contribution >= 0.6 is 0 Å². The molecule has 5 heteroatoms. The zero-order chi connectivity index (χ0) is 25.5. The Labute approximate surface area is 214 Å². The minimum absolute atomic E-state index is 0.180. The number of fused-ring (bicyclic) bond motifs is 1. The number of anilines is 1. The molecule has 0 aliphatic carbocycles. The lowest BCUT2D eigenvalue weighted by molar-refractivity contribution is 0.126. The normalized spacial score (nSPS) is 16.1. The minimum atomic E-state index is -0.402. The van der Waals surface area contributed by atoms with Crippen LogP contribution in [-0.2, 0) is 17.9 Å². The van der Waals surface area contributed by atoms with Crippen LogP contribution in [0.2, 0.25) is 0 Å². The summed E-state index contributed by atoms with van der Waals surface area (Å²) in [4.78, 5) is 15.0. The van der Waals surface area contributed by atoms with Gasteiger partial charge in [0.2, 0.25) is 0 Å². The zero-order valence-corrected chi connectivity index (χ0v) is 21.6. The molecule has 1 unspecified atom stereocenters. The van der Waals surface area contributed by atoms with Gasteiger partial charge in [-0.15, -0.1) is 0 Å². The highest BCUT2D eigenvalue weighted by molar-refractivity contribution is 5.88. The highest BCUT2D eigenvalue weighted by Gasteiger charge is 2.27. The van der Waals surface area contributed by atoms with Crippen LogP contribution < -0.4 is 14.4 Å². The molecule has 0 fully saturated rings. The lowest BCUT2D eigenvalue weighted by Crippen LogP contribution is -2.32. The number of hydrogen-bond donors (Lipinski definition) is 0. The van der Waals surface area contributed by atoms with Crippen LogP contribution in [0.15, 0.2) is 72.8 Å². The Morgan fingerprint density at radius 1 is 0.972 bits per heavy atom. The number of rotatable bonds is 9. The molecule has 0 spiro atoms. The van der Waals surface area contributed by atoms with E-state index in [1.54, 1.807) is 4.90 Å². The largest absolute Gasteiger partial charge is 0.494 e. The molecule has 0 aromatic heterocycles. The molecule has 3 aromatic rings. The Morgan fingerprint density at radius 2 is 1.69 bits per heavy atom. The first kappa shape index (κ1) is 25.4. The first-order valence-corrected chi connectivity index (χ1v) is 12.6. The van der Waals surface area contributed by atoms with Gasteiger partial charge in [0.15, 0.2) is 0 Å². The van der Waals surface area contributed by atoms with Gasteiger partial charge >= 0.3 is 6.09 Å².